The topological polar surface area (TPSA) is 50.5 Å². The molecule has 1 fully saturated rings. The van der Waals surface area contributed by atoms with Crippen LogP contribution in [0.3, 0.4) is 0 Å². The lowest BCUT2D eigenvalue weighted by molar-refractivity contribution is 0.0497. The number of nitrogen functional groups attached to an aromatic ring is 1. The normalized spacial score (nSPS) is 17.4. The molecule has 0 aromatic heterocycles. The van der Waals surface area contributed by atoms with Crippen LogP contribution in [-0.4, -0.2) is 31.3 Å². The Hall–Kier alpha value is -1.40. The summed E-state index contributed by atoms with van der Waals surface area (Å²) in [5.74, 6) is -1.40. The molecular weight excluding hydrogens is 216 g/mol. The predicted octanol–water partition coefficient (Wildman–Crippen LogP) is 1.21. The lowest BCUT2D eigenvalue weighted by Crippen LogP contribution is -2.40. The molecule has 0 saturated carbocycles. The van der Waals surface area contributed by atoms with Crippen molar-refractivity contribution >= 4 is 11.4 Å². The van der Waals surface area contributed by atoms with E-state index in [-0.39, 0.29) is 11.4 Å². The smallest absolute Gasteiger partial charge is 0.151 e. The monoisotopic (exact) mass is 229 g/mol. The molecule has 0 radical (unpaired) electrons. The van der Waals surface area contributed by atoms with Gasteiger partial charge in [0, 0.05) is 25.2 Å². The minimum Gasteiger partial charge on any atom is -0.395 e. The molecule has 1 saturated heterocycles. The minimum atomic E-state index is -0.754. The van der Waals surface area contributed by atoms with Gasteiger partial charge in [0.1, 0.15) is 5.82 Å². The standard InChI is InChI=1S/C10H13F2N3O/c11-7-5-8(12)10(13)9(6-7)14-15-1-3-16-4-2-15/h5-6,14H,1-4,13H2. The Balaban J connectivity index is 2.13. The molecule has 0 amide bonds. The van der Waals surface area contributed by atoms with Gasteiger partial charge in [-0.15, -0.1) is 0 Å². The van der Waals surface area contributed by atoms with Gasteiger partial charge in [-0.1, -0.05) is 0 Å². The molecule has 1 heterocycles. The molecule has 0 bridgehead atoms. The van der Waals surface area contributed by atoms with Crippen LogP contribution in [0.15, 0.2) is 12.1 Å². The van der Waals surface area contributed by atoms with Crippen molar-refractivity contribution in [3.63, 3.8) is 0 Å². The highest BCUT2D eigenvalue weighted by molar-refractivity contribution is 5.66. The first-order valence-electron chi connectivity index (χ1n) is 5.00. The third kappa shape index (κ3) is 2.40. The zero-order chi connectivity index (χ0) is 11.5. The van der Waals surface area contributed by atoms with Crippen molar-refractivity contribution in [2.45, 2.75) is 0 Å². The summed E-state index contributed by atoms with van der Waals surface area (Å²) < 4.78 is 31.3. The Labute approximate surface area is 91.9 Å². The average molecular weight is 229 g/mol. The van der Waals surface area contributed by atoms with Crippen molar-refractivity contribution < 1.29 is 13.5 Å². The van der Waals surface area contributed by atoms with Crippen LogP contribution in [0.25, 0.3) is 0 Å². The van der Waals surface area contributed by atoms with Crippen LogP contribution in [0.1, 0.15) is 0 Å². The first kappa shape index (κ1) is 11.1. The van der Waals surface area contributed by atoms with Gasteiger partial charge < -0.3 is 15.9 Å². The van der Waals surface area contributed by atoms with Crippen LogP contribution in [0.2, 0.25) is 0 Å². The maximum Gasteiger partial charge on any atom is 0.151 e. The molecule has 0 aliphatic carbocycles. The van der Waals surface area contributed by atoms with E-state index in [9.17, 15) is 8.78 Å². The van der Waals surface area contributed by atoms with Crippen LogP contribution >= 0.6 is 0 Å². The highest BCUT2D eigenvalue weighted by Gasteiger charge is 2.13. The quantitative estimate of drug-likeness (QED) is 0.748. The fraction of sp³-hybridized carbons (Fsp3) is 0.400. The SMILES string of the molecule is Nc1c(F)cc(F)cc1NN1CCOCC1. The Morgan fingerprint density at radius 1 is 1.25 bits per heavy atom. The van der Waals surface area contributed by atoms with Gasteiger partial charge in [0.25, 0.3) is 0 Å². The lowest BCUT2D eigenvalue weighted by atomic mass is 10.2. The molecule has 4 nitrogen and oxygen atoms in total. The molecule has 0 spiro atoms. The number of halogens is 2. The average Bonchev–Trinajstić information content (AvgIpc) is 2.27. The van der Waals surface area contributed by atoms with E-state index in [1.807, 2.05) is 5.01 Å². The summed E-state index contributed by atoms with van der Waals surface area (Å²) in [6, 6.07) is 1.94. The molecular formula is C10H13F2N3O. The minimum absolute atomic E-state index is 0.0760. The number of ether oxygens (including phenoxy) is 1. The van der Waals surface area contributed by atoms with E-state index in [4.69, 9.17) is 10.5 Å². The third-order valence-electron chi connectivity index (χ3n) is 2.38. The third-order valence-corrected chi connectivity index (χ3v) is 2.38. The second kappa shape index (κ2) is 4.63. The molecule has 16 heavy (non-hydrogen) atoms. The van der Waals surface area contributed by atoms with E-state index in [0.29, 0.717) is 26.3 Å². The molecule has 0 atom stereocenters. The Morgan fingerprint density at radius 2 is 1.94 bits per heavy atom. The molecule has 0 unspecified atom stereocenters. The number of nitrogens with zero attached hydrogens (tertiary/aromatic N) is 1. The van der Waals surface area contributed by atoms with E-state index in [1.165, 1.54) is 6.07 Å². The number of morpholine rings is 1. The first-order valence-corrected chi connectivity index (χ1v) is 5.00. The van der Waals surface area contributed by atoms with Crippen LogP contribution in [0.4, 0.5) is 20.2 Å². The van der Waals surface area contributed by atoms with Gasteiger partial charge in [-0.3, -0.25) is 0 Å². The van der Waals surface area contributed by atoms with Gasteiger partial charge in [0.05, 0.1) is 24.6 Å². The number of benzene rings is 1. The molecule has 1 aliphatic rings. The van der Waals surface area contributed by atoms with Gasteiger partial charge >= 0.3 is 0 Å². The fourth-order valence-electron chi connectivity index (χ4n) is 1.52. The molecule has 2 rings (SSSR count). The van der Waals surface area contributed by atoms with E-state index in [2.05, 4.69) is 5.43 Å². The van der Waals surface area contributed by atoms with Gasteiger partial charge in [-0.2, -0.15) is 0 Å². The maximum absolute atomic E-state index is 13.1. The van der Waals surface area contributed by atoms with Gasteiger partial charge in [-0.05, 0) is 0 Å². The summed E-state index contributed by atoms with van der Waals surface area (Å²) in [6.07, 6.45) is 0. The maximum atomic E-state index is 13.1. The van der Waals surface area contributed by atoms with E-state index in [1.54, 1.807) is 0 Å². The van der Waals surface area contributed by atoms with Crippen LogP contribution in [0, 0.1) is 11.6 Å². The van der Waals surface area contributed by atoms with Crippen molar-refractivity contribution in [2.75, 3.05) is 37.5 Å². The van der Waals surface area contributed by atoms with Crippen molar-refractivity contribution in [3.05, 3.63) is 23.8 Å². The van der Waals surface area contributed by atoms with Crippen molar-refractivity contribution in [1.29, 1.82) is 0 Å². The summed E-state index contributed by atoms with van der Waals surface area (Å²) in [5, 5.41) is 1.81. The van der Waals surface area contributed by atoms with Gasteiger partial charge in [0.15, 0.2) is 5.82 Å². The zero-order valence-corrected chi connectivity index (χ0v) is 8.67. The van der Waals surface area contributed by atoms with Gasteiger partial charge in [-0.25, -0.2) is 13.8 Å². The second-order valence-electron chi connectivity index (χ2n) is 3.56. The summed E-state index contributed by atoms with van der Waals surface area (Å²) in [7, 11) is 0. The largest absolute Gasteiger partial charge is 0.395 e. The summed E-state index contributed by atoms with van der Waals surface area (Å²) in [5.41, 5.74) is 8.56. The van der Waals surface area contributed by atoms with Gasteiger partial charge in [0.2, 0.25) is 0 Å². The second-order valence-corrected chi connectivity index (χ2v) is 3.56. The number of hydrazine groups is 1. The van der Waals surface area contributed by atoms with E-state index < -0.39 is 11.6 Å². The number of nitrogens with two attached hydrogens (primary N) is 1. The number of hydrogen-bond donors (Lipinski definition) is 2. The van der Waals surface area contributed by atoms with E-state index >= 15 is 0 Å². The fourth-order valence-corrected chi connectivity index (χ4v) is 1.52. The van der Waals surface area contributed by atoms with Crippen molar-refractivity contribution in [3.8, 4) is 0 Å². The summed E-state index contributed by atoms with van der Waals surface area (Å²) >= 11 is 0. The van der Waals surface area contributed by atoms with Crippen LogP contribution < -0.4 is 11.2 Å². The molecule has 1 aliphatic heterocycles. The first-order chi connectivity index (χ1) is 7.66. The number of anilines is 2. The van der Waals surface area contributed by atoms with E-state index in [0.717, 1.165) is 6.07 Å². The molecule has 88 valence electrons. The number of nitrogens with one attached hydrogen (secondary N) is 1. The van der Waals surface area contributed by atoms with Crippen molar-refractivity contribution in [1.82, 2.24) is 5.01 Å². The molecule has 3 N–H and O–H groups in total. The highest BCUT2D eigenvalue weighted by atomic mass is 19.1. The molecule has 1 aromatic carbocycles. The predicted molar refractivity (Wildman–Crippen MR) is 56.8 cm³/mol. The zero-order valence-electron chi connectivity index (χ0n) is 8.67. The number of rotatable bonds is 2. The number of hydrogen-bond acceptors (Lipinski definition) is 4. The van der Waals surface area contributed by atoms with Crippen LogP contribution in [-0.2, 0) is 4.74 Å². The summed E-state index contributed by atoms with van der Waals surface area (Å²) in [6.45, 7) is 2.48. The highest BCUT2D eigenvalue weighted by Crippen LogP contribution is 2.23. The Bertz CT molecular complexity index is 381. The molecule has 6 heteroatoms. The lowest BCUT2D eigenvalue weighted by Gasteiger charge is -2.28. The summed E-state index contributed by atoms with van der Waals surface area (Å²) in [4.78, 5) is 0. The van der Waals surface area contributed by atoms with Crippen molar-refractivity contribution in [2.24, 2.45) is 0 Å². The molecule has 1 aromatic rings. The Morgan fingerprint density at radius 3 is 2.62 bits per heavy atom. The Kier molecular flexibility index (Phi) is 3.21. The van der Waals surface area contributed by atoms with Crippen LogP contribution in [0.5, 0.6) is 0 Å².